The van der Waals surface area contributed by atoms with E-state index in [0.29, 0.717) is 18.3 Å². The van der Waals surface area contributed by atoms with Gasteiger partial charge in [-0.3, -0.25) is 9.67 Å². The molecular formula is C12H16N4O. The molecule has 2 heterocycles. The number of hydrogen-bond acceptors (Lipinski definition) is 4. The van der Waals surface area contributed by atoms with E-state index >= 15 is 0 Å². The van der Waals surface area contributed by atoms with Crippen molar-refractivity contribution in [2.75, 3.05) is 0 Å². The predicted octanol–water partition coefficient (Wildman–Crippen LogP) is 2.11. The Balaban J connectivity index is 2.13. The van der Waals surface area contributed by atoms with Gasteiger partial charge in [0, 0.05) is 24.8 Å². The summed E-state index contributed by atoms with van der Waals surface area (Å²) in [7, 11) is 0. The van der Waals surface area contributed by atoms with E-state index in [9.17, 15) is 0 Å². The molecule has 2 aromatic rings. The third kappa shape index (κ3) is 2.82. The van der Waals surface area contributed by atoms with E-state index in [4.69, 9.17) is 10.5 Å². The molecule has 2 aromatic heterocycles. The highest BCUT2D eigenvalue weighted by atomic mass is 16.5. The van der Waals surface area contributed by atoms with E-state index in [1.54, 1.807) is 18.5 Å². The summed E-state index contributed by atoms with van der Waals surface area (Å²) in [5.41, 5.74) is 6.33. The van der Waals surface area contributed by atoms with E-state index < -0.39 is 0 Å². The molecule has 0 saturated carbocycles. The molecule has 0 saturated heterocycles. The van der Waals surface area contributed by atoms with E-state index in [1.807, 2.05) is 16.9 Å². The maximum Gasteiger partial charge on any atom is 0.165 e. The third-order valence-electron chi connectivity index (χ3n) is 2.34. The van der Waals surface area contributed by atoms with Crippen LogP contribution in [0.4, 0.5) is 0 Å². The number of pyridine rings is 1. The van der Waals surface area contributed by atoms with E-state index in [-0.39, 0.29) is 0 Å². The van der Waals surface area contributed by atoms with Gasteiger partial charge in [-0.25, -0.2) is 0 Å². The SMILES string of the molecule is CC(C)n1cc(Oc2ccnc(CN)c2)cn1. The van der Waals surface area contributed by atoms with Crippen LogP contribution in [0.3, 0.4) is 0 Å². The average Bonchev–Trinajstić information content (AvgIpc) is 2.78. The monoisotopic (exact) mass is 232 g/mol. The second-order valence-electron chi connectivity index (χ2n) is 4.04. The maximum absolute atomic E-state index is 5.67. The van der Waals surface area contributed by atoms with Crippen LogP contribution in [-0.2, 0) is 6.54 Å². The zero-order valence-corrected chi connectivity index (χ0v) is 10.00. The number of nitrogens with two attached hydrogens (primary N) is 1. The lowest BCUT2D eigenvalue weighted by molar-refractivity contribution is 0.475. The first-order chi connectivity index (χ1) is 8.19. The summed E-state index contributed by atoms with van der Waals surface area (Å²) in [5.74, 6) is 1.44. The molecule has 5 heteroatoms. The van der Waals surface area contributed by atoms with Crippen molar-refractivity contribution in [2.45, 2.75) is 26.4 Å². The quantitative estimate of drug-likeness (QED) is 0.876. The summed E-state index contributed by atoms with van der Waals surface area (Å²) in [6, 6.07) is 3.95. The molecule has 0 aliphatic rings. The fourth-order valence-electron chi connectivity index (χ4n) is 1.42. The molecule has 5 nitrogen and oxygen atoms in total. The zero-order chi connectivity index (χ0) is 12.3. The van der Waals surface area contributed by atoms with Crippen molar-refractivity contribution < 1.29 is 4.74 Å². The van der Waals surface area contributed by atoms with Gasteiger partial charge in [-0.05, 0) is 19.9 Å². The molecule has 0 unspecified atom stereocenters. The maximum atomic E-state index is 5.67. The molecular weight excluding hydrogens is 216 g/mol. The molecule has 0 bridgehead atoms. The normalized spacial score (nSPS) is 10.8. The lowest BCUT2D eigenvalue weighted by atomic mass is 10.3. The number of rotatable bonds is 4. The second-order valence-corrected chi connectivity index (χ2v) is 4.04. The van der Waals surface area contributed by atoms with Gasteiger partial charge in [0.05, 0.1) is 18.1 Å². The van der Waals surface area contributed by atoms with Crippen molar-refractivity contribution >= 4 is 0 Å². The largest absolute Gasteiger partial charge is 0.454 e. The summed E-state index contributed by atoms with van der Waals surface area (Å²) in [4.78, 5) is 4.11. The Bertz CT molecular complexity index is 493. The van der Waals surface area contributed by atoms with Crippen molar-refractivity contribution in [3.05, 3.63) is 36.4 Å². The number of nitrogens with zero attached hydrogens (tertiary/aromatic N) is 3. The Kier molecular flexibility index (Phi) is 3.39. The lowest BCUT2D eigenvalue weighted by Crippen LogP contribution is -2.00. The van der Waals surface area contributed by atoms with Crippen LogP contribution in [0.1, 0.15) is 25.6 Å². The predicted molar refractivity (Wildman–Crippen MR) is 64.8 cm³/mol. The molecule has 17 heavy (non-hydrogen) atoms. The molecule has 2 rings (SSSR count). The Hall–Kier alpha value is -1.88. The summed E-state index contributed by atoms with van der Waals surface area (Å²) in [6.45, 7) is 4.54. The Morgan fingerprint density at radius 3 is 2.88 bits per heavy atom. The fourth-order valence-corrected chi connectivity index (χ4v) is 1.42. The van der Waals surface area contributed by atoms with Crippen molar-refractivity contribution in [2.24, 2.45) is 5.73 Å². The Morgan fingerprint density at radius 1 is 1.41 bits per heavy atom. The first kappa shape index (κ1) is 11.6. The standard InChI is InChI=1S/C12H16N4O/c1-9(2)16-8-12(7-15-16)17-11-3-4-14-10(5-11)6-13/h3-5,7-9H,6,13H2,1-2H3. The van der Waals surface area contributed by atoms with Gasteiger partial charge in [0.25, 0.3) is 0 Å². The Morgan fingerprint density at radius 2 is 2.24 bits per heavy atom. The van der Waals surface area contributed by atoms with Crippen LogP contribution in [0.2, 0.25) is 0 Å². The minimum Gasteiger partial charge on any atom is -0.454 e. The van der Waals surface area contributed by atoms with Gasteiger partial charge < -0.3 is 10.5 Å². The zero-order valence-electron chi connectivity index (χ0n) is 10.00. The van der Waals surface area contributed by atoms with Crippen LogP contribution < -0.4 is 10.5 Å². The summed E-state index contributed by atoms with van der Waals surface area (Å²) < 4.78 is 7.52. The van der Waals surface area contributed by atoms with Crippen LogP contribution >= 0.6 is 0 Å². The van der Waals surface area contributed by atoms with Gasteiger partial charge in [0.1, 0.15) is 5.75 Å². The molecule has 2 N–H and O–H groups in total. The average molecular weight is 232 g/mol. The van der Waals surface area contributed by atoms with Gasteiger partial charge in [-0.1, -0.05) is 0 Å². The molecule has 0 aliphatic carbocycles. The van der Waals surface area contributed by atoms with Crippen LogP contribution in [0.5, 0.6) is 11.5 Å². The molecule has 0 fully saturated rings. The van der Waals surface area contributed by atoms with Crippen molar-refractivity contribution in [3.8, 4) is 11.5 Å². The number of hydrogen-bond donors (Lipinski definition) is 1. The fraction of sp³-hybridized carbons (Fsp3) is 0.333. The first-order valence-electron chi connectivity index (χ1n) is 5.56. The third-order valence-corrected chi connectivity index (χ3v) is 2.34. The van der Waals surface area contributed by atoms with Crippen LogP contribution in [0.15, 0.2) is 30.7 Å². The van der Waals surface area contributed by atoms with Gasteiger partial charge >= 0.3 is 0 Å². The second kappa shape index (κ2) is 4.97. The lowest BCUT2D eigenvalue weighted by Gasteiger charge is -2.05. The smallest absolute Gasteiger partial charge is 0.165 e. The van der Waals surface area contributed by atoms with Crippen LogP contribution in [-0.4, -0.2) is 14.8 Å². The molecule has 90 valence electrons. The highest BCUT2D eigenvalue weighted by Crippen LogP contribution is 2.21. The molecule has 0 atom stereocenters. The highest BCUT2D eigenvalue weighted by molar-refractivity contribution is 5.28. The minimum absolute atomic E-state index is 0.324. The molecule has 0 radical (unpaired) electrons. The van der Waals surface area contributed by atoms with E-state index in [0.717, 1.165) is 11.4 Å². The van der Waals surface area contributed by atoms with Crippen molar-refractivity contribution in [1.29, 1.82) is 0 Å². The molecule has 0 aromatic carbocycles. The van der Waals surface area contributed by atoms with Gasteiger partial charge in [0.2, 0.25) is 0 Å². The summed E-state index contributed by atoms with van der Waals surface area (Å²) in [5, 5.41) is 4.21. The van der Waals surface area contributed by atoms with Crippen LogP contribution in [0, 0.1) is 0 Å². The topological polar surface area (TPSA) is 66.0 Å². The summed E-state index contributed by atoms with van der Waals surface area (Å²) in [6.07, 6.45) is 5.25. The highest BCUT2D eigenvalue weighted by Gasteiger charge is 2.04. The summed E-state index contributed by atoms with van der Waals surface area (Å²) >= 11 is 0. The van der Waals surface area contributed by atoms with Crippen molar-refractivity contribution in [3.63, 3.8) is 0 Å². The van der Waals surface area contributed by atoms with E-state index in [2.05, 4.69) is 23.9 Å². The Labute approximate surface area is 100 Å². The molecule has 0 aliphatic heterocycles. The number of ether oxygens (including phenoxy) is 1. The van der Waals surface area contributed by atoms with Gasteiger partial charge in [-0.2, -0.15) is 5.10 Å². The van der Waals surface area contributed by atoms with Gasteiger partial charge in [0.15, 0.2) is 5.75 Å². The molecule has 0 amide bonds. The first-order valence-corrected chi connectivity index (χ1v) is 5.56. The van der Waals surface area contributed by atoms with E-state index in [1.165, 1.54) is 0 Å². The minimum atomic E-state index is 0.324. The van der Waals surface area contributed by atoms with Crippen LogP contribution in [0.25, 0.3) is 0 Å². The number of aromatic nitrogens is 3. The van der Waals surface area contributed by atoms with Crippen molar-refractivity contribution in [1.82, 2.24) is 14.8 Å². The molecule has 0 spiro atoms. The van der Waals surface area contributed by atoms with Gasteiger partial charge in [-0.15, -0.1) is 0 Å².